The van der Waals surface area contributed by atoms with Crippen molar-refractivity contribution in [3.63, 3.8) is 0 Å². The summed E-state index contributed by atoms with van der Waals surface area (Å²) in [6.07, 6.45) is 6.58. The molecule has 1 N–H and O–H groups in total. The molecule has 0 aliphatic carbocycles. The van der Waals surface area contributed by atoms with Gasteiger partial charge in [0.15, 0.2) is 0 Å². The Bertz CT molecular complexity index is 679. The summed E-state index contributed by atoms with van der Waals surface area (Å²) in [7, 11) is 1.27. The van der Waals surface area contributed by atoms with Crippen molar-refractivity contribution in [3.05, 3.63) is 59.2 Å². The van der Waals surface area contributed by atoms with Crippen LogP contribution in [0.2, 0.25) is 0 Å². The van der Waals surface area contributed by atoms with Gasteiger partial charge in [-0.05, 0) is 54.8 Å². The molecule has 4 nitrogen and oxygen atoms in total. The van der Waals surface area contributed by atoms with E-state index in [2.05, 4.69) is 0 Å². The Morgan fingerprint density at radius 3 is 2.52 bits per heavy atom. The molecule has 1 aromatic carbocycles. The lowest BCUT2D eigenvalue weighted by Crippen LogP contribution is -2.19. The second kappa shape index (κ2) is 5.93. The van der Waals surface area contributed by atoms with Gasteiger partial charge in [0.05, 0.1) is 5.69 Å². The largest absolute Gasteiger partial charge is 0.323 e. The van der Waals surface area contributed by atoms with Gasteiger partial charge in [0.25, 0.3) is 5.91 Å². The molecule has 0 fully saturated rings. The van der Waals surface area contributed by atoms with Crippen LogP contribution in [0.3, 0.4) is 0 Å². The van der Waals surface area contributed by atoms with Crippen LogP contribution in [-0.4, -0.2) is 27.8 Å². The van der Waals surface area contributed by atoms with Gasteiger partial charge in [0, 0.05) is 25.5 Å². The minimum Gasteiger partial charge on any atom is -0.323 e. The van der Waals surface area contributed by atoms with Crippen LogP contribution in [0.15, 0.2) is 36.7 Å². The zero-order valence-electron chi connectivity index (χ0n) is 12.2. The van der Waals surface area contributed by atoms with Crippen LogP contribution in [0, 0.1) is 19.7 Å². The molecule has 0 atom stereocenters. The summed E-state index contributed by atoms with van der Waals surface area (Å²) in [4.78, 5) is 11.3. The zero-order valence-corrected chi connectivity index (χ0v) is 12.2. The van der Waals surface area contributed by atoms with E-state index in [1.54, 1.807) is 6.08 Å². The molecule has 1 heterocycles. The van der Waals surface area contributed by atoms with Crippen LogP contribution in [0.5, 0.6) is 0 Å². The third kappa shape index (κ3) is 3.38. The lowest BCUT2D eigenvalue weighted by atomic mass is 10.1. The average molecular weight is 288 g/mol. The van der Waals surface area contributed by atoms with E-state index in [4.69, 9.17) is 5.21 Å². The number of hydroxylamine groups is 2. The highest BCUT2D eigenvalue weighted by Crippen LogP contribution is 2.21. The van der Waals surface area contributed by atoms with E-state index in [1.165, 1.54) is 25.3 Å². The number of carbonyl (C=O) groups excluding carboxylic acids is 1. The van der Waals surface area contributed by atoms with Crippen molar-refractivity contribution in [2.75, 3.05) is 7.05 Å². The summed E-state index contributed by atoms with van der Waals surface area (Å²) in [5, 5.41) is 9.49. The predicted octanol–water partition coefficient (Wildman–Crippen LogP) is 3.09. The molecule has 0 unspecified atom stereocenters. The first-order valence-corrected chi connectivity index (χ1v) is 6.48. The first kappa shape index (κ1) is 15.0. The molecule has 0 aliphatic rings. The van der Waals surface area contributed by atoms with Crippen LogP contribution < -0.4 is 0 Å². The number of halogens is 1. The van der Waals surface area contributed by atoms with Crippen LogP contribution in [-0.2, 0) is 4.79 Å². The lowest BCUT2D eigenvalue weighted by molar-refractivity contribution is -0.153. The lowest BCUT2D eigenvalue weighted by Gasteiger charge is -2.11. The van der Waals surface area contributed by atoms with E-state index < -0.39 is 5.91 Å². The Labute approximate surface area is 122 Å². The van der Waals surface area contributed by atoms with Crippen LogP contribution in [0.25, 0.3) is 11.8 Å². The van der Waals surface area contributed by atoms with E-state index >= 15 is 0 Å². The summed E-state index contributed by atoms with van der Waals surface area (Å²) in [6, 6.07) is 4.81. The standard InChI is InChI=1S/C16H17FN2O2/c1-11-8-14(17)9-12(2)16(11)19-7-6-13(10-19)4-5-15(20)18(3)21/h4-10,21H,1-3H3/b5-4+. The van der Waals surface area contributed by atoms with Crippen molar-refractivity contribution in [1.29, 1.82) is 0 Å². The van der Waals surface area contributed by atoms with Crippen LogP contribution in [0.1, 0.15) is 16.7 Å². The van der Waals surface area contributed by atoms with Gasteiger partial charge in [-0.2, -0.15) is 0 Å². The summed E-state index contributed by atoms with van der Waals surface area (Å²) >= 11 is 0. The second-order valence-electron chi connectivity index (χ2n) is 4.94. The SMILES string of the molecule is Cc1cc(F)cc(C)c1-n1ccc(/C=C/C(=O)N(C)O)c1. The van der Waals surface area contributed by atoms with Crippen molar-refractivity contribution < 1.29 is 14.4 Å². The molecule has 0 spiro atoms. The van der Waals surface area contributed by atoms with Gasteiger partial charge < -0.3 is 4.57 Å². The maximum Gasteiger partial charge on any atom is 0.269 e. The van der Waals surface area contributed by atoms with Gasteiger partial charge in [0.2, 0.25) is 0 Å². The van der Waals surface area contributed by atoms with Gasteiger partial charge in [-0.15, -0.1) is 0 Å². The number of aromatic nitrogens is 1. The topological polar surface area (TPSA) is 45.5 Å². The fourth-order valence-electron chi connectivity index (χ4n) is 2.24. The van der Waals surface area contributed by atoms with Crippen LogP contribution >= 0.6 is 0 Å². The van der Waals surface area contributed by atoms with Gasteiger partial charge in [0.1, 0.15) is 5.82 Å². The number of benzene rings is 1. The smallest absolute Gasteiger partial charge is 0.269 e. The van der Waals surface area contributed by atoms with Crippen molar-refractivity contribution >= 4 is 12.0 Å². The van der Waals surface area contributed by atoms with Gasteiger partial charge in [-0.25, -0.2) is 9.45 Å². The summed E-state index contributed by atoms with van der Waals surface area (Å²) in [5.74, 6) is -0.755. The van der Waals surface area contributed by atoms with E-state index in [0.717, 1.165) is 22.4 Å². The number of carbonyl (C=O) groups is 1. The zero-order chi connectivity index (χ0) is 15.6. The Balaban J connectivity index is 2.31. The number of rotatable bonds is 3. The number of hydrogen-bond acceptors (Lipinski definition) is 2. The molecule has 5 heteroatoms. The first-order chi connectivity index (χ1) is 9.88. The van der Waals surface area contributed by atoms with E-state index in [-0.39, 0.29) is 5.82 Å². The highest BCUT2D eigenvalue weighted by atomic mass is 19.1. The van der Waals surface area contributed by atoms with Gasteiger partial charge >= 0.3 is 0 Å². The normalized spacial score (nSPS) is 11.1. The van der Waals surface area contributed by atoms with Crippen molar-refractivity contribution in [1.82, 2.24) is 9.63 Å². The summed E-state index contributed by atoms with van der Waals surface area (Å²) in [6.45, 7) is 3.70. The van der Waals surface area contributed by atoms with Crippen molar-refractivity contribution in [3.8, 4) is 5.69 Å². The molecular weight excluding hydrogens is 271 g/mol. The number of hydrogen-bond donors (Lipinski definition) is 1. The summed E-state index contributed by atoms with van der Waals surface area (Å²) < 4.78 is 15.2. The fraction of sp³-hybridized carbons (Fsp3) is 0.188. The molecule has 0 radical (unpaired) electrons. The Morgan fingerprint density at radius 2 is 1.95 bits per heavy atom. The Kier molecular flexibility index (Phi) is 4.23. The third-order valence-electron chi connectivity index (χ3n) is 3.17. The molecule has 0 aliphatic heterocycles. The van der Waals surface area contributed by atoms with Gasteiger partial charge in [-0.3, -0.25) is 10.0 Å². The van der Waals surface area contributed by atoms with Crippen LogP contribution in [0.4, 0.5) is 4.39 Å². The molecule has 0 saturated carbocycles. The van der Waals surface area contributed by atoms with E-state index in [1.807, 2.05) is 36.9 Å². The highest BCUT2D eigenvalue weighted by molar-refractivity contribution is 5.90. The molecule has 110 valence electrons. The maximum atomic E-state index is 13.3. The number of aryl methyl sites for hydroxylation is 2. The number of amides is 1. The monoisotopic (exact) mass is 288 g/mol. The molecule has 0 saturated heterocycles. The molecule has 2 rings (SSSR count). The Morgan fingerprint density at radius 1 is 1.33 bits per heavy atom. The Hall–Kier alpha value is -2.40. The number of nitrogens with zero attached hydrogens (tertiary/aromatic N) is 2. The quantitative estimate of drug-likeness (QED) is 0.536. The van der Waals surface area contributed by atoms with E-state index in [0.29, 0.717) is 5.06 Å². The molecule has 2 aromatic rings. The molecule has 1 amide bonds. The molecular formula is C16H17FN2O2. The molecule has 0 bridgehead atoms. The molecule has 21 heavy (non-hydrogen) atoms. The summed E-state index contributed by atoms with van der Waals surface area (Å²) in [5.41, 5.74) is 3.41. The van der Waals surface area contributed by atoms with E-state index in [9.17, 15) is 9.18 Å². The van der Waals surface area contributed by atoms with Crippen molar-refractivity contribution in [2.45, 2.75) is 13.8 Å². The minimum absolute atomic E-state index is 0.252. The second-order valence-corrected chi connectivity index (χ2v) is 4.94. The number of likely N-dealkylation sites (N-methyl/N-ethyl adjacent to an activating group) is 1. The third-order valence-corrected chi connectivity index (χ3v) is 3.17. The highest BCUT2D eigenvalue weighted by Gasteiger charge is 2.07. The van der Waals surface area contributed by atoms with Crippen molar-refractivity contribution in [2.24, 2.45) is 0 Å². The predicted molar refractivity (Wildman–Crippen MR) is 78.8 cm³/mol. The average Bonchev–Trinajstić information content (AvgIpc) is 2.83. The fourth-order valence-corrected chi connectivity index (χ4v) is 2.24. The first-order valence-electron chi connectivity index (χ1n) is 6.48. The molecule has 1 aromatic heterocycles. The van der Waals surface area contributed by atoms with Gasteiger partial charge in [-0.1, -0.05) is 0 Å². The maximum absolute atomic E-state index is 13.3. The minimum atomic E-state index is -0.503.